The maximum Gasteiger partial charge on any atom is 0.0638 e. The van der Waals surface area contributed by atoms with Gasteiger partial charge in [-0.1, -0.05) is 6.92 Å². The van der Waals surface area contributed by atoms with Crippen LogP contribution in [0.25, 0.3) is 0 Å². The number of piperidine rings is 1. The molecule has 1 saturated heterocycles. The molecule has 1 aromatic heterocycles. The van der Waals surface area contributed by atoms with Crippen molar-refractivity contribution in [2.24, 2.45) is 13.0 Å². The molecule has 0 radical (unpaired) electrons. The monoisotopic (exact) mass is 207 g/mol. The summed E-state index contributed by atoms with van der Waals surface area (Å²) in [5, 5.41) is 4.38. The van der Waals surface area contributed by atoms with E-state index in [1.165, 1.54) is 37.2 Å². The number of rotatable bonds is 2. The van der Waals surface area contributed by atoms with Crippen LogP contribution in [-0.4, -0.2) is 27.8 Å². The van der Waals surface area contributed by atoms with Crippen LogP contribution in [0.5, 0.6) is 0 Å². The van der Waals surface area contributed by atoms with Crippen LogP contribution in [0, 0.1) is 12.8 Å². The van der Waals surface area contributed by atoms with Gasteiger partial charge in [0.05, 0.1) is 5.69 Å². The Morgan fingerprint density at radius 2 is 2.07 bits per heavy atom. The molecule has 1 aliphatic heterocycles. The zero-order valence-corrected chi connectivity index (χ0v) is 10.0. The van der Waals surface area contributed by atoms with Gasteiger partial charge < -0.3 is 0 Å². The molecule has 0 N–H and O–H groups in total. The van der Waals surface area contributed by atoms with Crippen LogP contribution in [0.4, 0.5) is 0 Å². The average Bonchev–Trinajstić information content (AvgIpc) is 2.49. The number of hydrogen-bond donors (Lipinski definition) is 0. The SMILES string of the molecule is Cc1nn(C)cc1CN1CCC(C)CC1. The normalized spacial score (nSPS) is 19.7. The smallest absolute Gasteiger partial charge is 0.0638 e. The van der Waals surface area contributed by atoms with E-state index in [-0.39, 0.29) is 0 Å². The zero-order valence-electron chi connectivity index (χ0n) is 10.0. The van der Waals surface area contributed by atoms with Crippen LogP contribution in [-0.2, 0) is 13.6 Å². The van der Waals surface area contributed by atoms with Crippen LogP contribution in [0.15, 0.2) is 6.20 Å². The first kappa shape index (κ1) is 10.7. The molecular weight excluding hydrogens is 186 g/mol. The molecule has 0 unspecified atom stereocenters. The van der Waals surface area contributed by atoms with E-state index in [9.17, 15) is 0 Å². The molecule has 0 aliphatic carbocycles. The summed E-state index contributed by atoms with van der Waals surface area (Å²) in [6, 6.07) is 0. The van der Waals surface area contributed by atoms with Gasteiger partial charge in [-0.2, -0.15) is 5.10 Å². The Labute approximate surface area is 92.1 Å². The predicted molar refractivity (Wildman–Crippen MR) is 61.6 cm³/mol. The predicted octanol–water partition coefficient (Wildman–Crippen LogP) is 1.96. The first-order chi connectivity index (χ1) is 7.15. The Kier molecular flexibility index (Phi) is 3.10. The highest BCUT2D eigenvalue weighted by atomic mass is 15.3. The minimum absolute atomic E-state index is 0.913. The first-order valence-corrected chi connectivity index (χ1v) is 5.86. The molecule has 84 valence electrons. The third kappa shape index (κ3) is 2.59. The van der Waals surface area contributed by atoms with E-state index in [0.29, 0.717) is 0 Å². The van der Waals surface area contributed by atoms with Gasteiger partial charge in [-0.05, 0) is 38.8 Å². The second-order valence-corrected chi connectivity index (χ2v) is 4.87. The van der Waals surface area contributed by atoms with Crippen LogP contribution in [0.3, 0.4) is 0 Å². The van der Waals surface area contributed by atoms with Gasteiger partial charge >= 0.3 is 0 Å². The molecule has 0 bridgehead atoms. The molecule has 0 saturated carbocycles. The van der Waals surface area contributed by atoms with E-state index in [2.05, 4.69) is 30.0 Å². The topological polar surface area (TPSA) is 21.1 Å². The van der Waals surface area contributed by atoms with Crippen molar-refractivity contribution in [3.05, 3.63) is 17.5 Å². The lowest BCUT2D eigenvalue weighted by molar-refractivity contribution is 0.185. The minimum Gasteiger partial charge on any atom is -0.299 e. The quantitative estimate of drug-likeness (QED) is 0.739. The van der Waals surface area contributed by atoms with Crippen molar-refractivity contribution < 1.29 is 0 Å². The molecule has 0 atom stereocenters. The van der Waals surface area contributed by atoms with Crippen LogP contribution < -0.4 is 0 Å². The van der Waals surface area contributed by atoms with Crippen LogP contribution in [0.2, 0.25) is 0 Å². The summed E-state index contributed by atoms with van der Waals surface area (Å²) in [6.45, 7) is 8.02. The van der Waals surface area contributed by atoms with Crippen molar-refractivity contribution in [2.45, 2.75) is 33.2 Å². The van der Waals surface area contributed by atoms with Crippen LogP contribution in [0.1, 0.15) is 31.0 Å². The molecule has 0 aromatic carbocycles. The highest BCUT2D eigenvalue weighted by Crippen LogP contribution is 2.18. The summed E-state index contributed by atoms with van der Waals surface area (Å²) >= 11 is 0. The van der Waals surface area contributed by atoms with Gasteiger partial charge in [-0.15, -0.1) is 0 Å². The van der Waals surface area contributed by atoms with E-state index in [0.717, 1.165) is 12.5 Å². The van der Waals surface area contributed by atoms with Gasteiger partial charge in [-0.25, -0.2) is 0 Å². The maximum absolute atomic E-state index is 4.38. The summed E-state index contributed by atoms with van der Waals surface area (Å²) in [4.78, 5) is 2.55. The van der Waals surface area contributed by atoms with E-state index in [1.807, 2.05) is 11.7 Å². The summed E-state index contributed by atoms with van der Waals surface area (Å²) in [6.07, 6.45) is 4.84. The highest BCUT2D eigenvalue weighted by molar-refractivity contribution is 5.15. The van der Waals surface area contributed by atoms with E-state index in [1.54, 1.807) is 0 Å². The van der Waals surface area contributed by atoms with E-state index < -0.39 is 0 Å². The van der Waals surface area contributed by atoms with Gasteiger partial charge in [0.15, 0.2) is 0 Å². The van der Waals surface area contributed by atoms with Crippen molar-refractivity contribution in [3.63, 3.8) is 0 Å². The molecule has 3 nitrogen and oxygen atoms in total. The highest BCUT2D eigenvalue weighted by Gasteiger charge is 2.16. The standard InChI is InChI=1S/C12H21N3/c1-10-4-6-15(7-5-10)9-12-8-14(3)13-11(12)2/h8,10H,4-7,9H2,1-3H3. The maximum atomic E-state index is 4.38. The Hall–Kier alpha value is -0.830. The number of hydrogen-bond acceptors (Lipinski definition) is 2. The number of likely N-dealkylation sites (tertiary alicyclic amines) is 1. The van der Waals surface area contributed by atoms with Gasteiger partial charge in [-0.3, -0.25) is 9.58 Å². The molecule has 1 fully saturated rings. The van der Waals surface area contributed by atoms with Crippen molar-refractivity contribution in [2.75, 3.05) is 13.1 Å². The third-order valence-electron chi connectivity index (χ3n) is 3.39. The molecule has 3 heteroatoms. The molecule has 2 heterocycles. The van der Waals surface area contributed by atoms with Crippen molar-refractivity contribution in [3.8, 4) is 0 Å². The molecule has 0 spiro atoms. The van der Waals surface area contributed by atoms with Crippen molar-refractivity contribution in [1.82, 2.24) is 14.7 Å². The Morgan fingerprint density at radius 3 is 2.60 bits per heavy atom. The summed E-state index contributed by atoms with van der Waals surface area (Å²) in [7, 11) is 1.99. The Balaban J connectivity index is 1.94. The Bertz CT molecular complexity index is 322. The average molecular weight is 207 g/mol. The van der Waals surface area contributed by atoms with Crippen LogP contribution >= 0.6 is 0 Å². The van der Waals surface area contributed by atoms with Crippen molar-refractivity contribution >= 4 is 0 Å². The molecule has 15 heavy (non-hydrogen) atoms. The second kappa shape index (κ2) is 4.35. The molecule has 2 rings (SSSR count). The molecule has 0 amide bonds. The lowest BCUT2D eigenvalue weighted by Crippen LogP contribution is -2.32. The summed E-state index contributed by atoms with van der Waals surface area (Å²) in [5.41, 5.74) is 2.56. The fraction of sp³-hybridized carbons (Fsp3) is 0.750. The molecular formula is C12H21N3. The first-order valence-electron chi connectivity index (χ1n) is 5.86. The van der Waals surface area contributed by atoms with Gasteiger partial charge in [0.25, 0.3) is 0 Å². The summed E-state index contributed by atoms with van der Waals surface area (Å²) in [5.74, 6) is 0.913. The van der Waals surface area contributed by atoms with Gasteiger partial charge in [0.1, 0.15) is 0 Å². The molecule has 1 aliphatic rings. The third-order valence-corrected chi connectivity index (χ3v) is 3.39. The number of aromatic nitrogens is 2. The Morgan fingerprint density at radius 1 is 1.40 bits per heavy atom. The van der Waals surface area contributed by atoms with E-state index >= 15 is 0 Å². The van der Waals surface area contributed by atoms with Gasteiger partial charge in [0, 0.05) is 25.4 Å². The second-order valence-electron chi connectivity index (χ2n) is 4.87. The van der Waals surface area contributed by atoms with E-state index in [4.69, 9.17) is 0 Å². The lowest BCUT2D eigenvalue weighted by Gasteiger charge is -2.29. The fourth-order valence-corrected chi connectivity index (χ4v) is 2.26. The van der Waals surface area contributed by atoms with Gasteiger partial charge in [0.2, 0.25) is 0 Å². The summed E-state index contributed by atoms with van der Waals surface area (Å²) < 4.78 is 1.91. The fourth-order valence-electron chi connectivity index (χ4n) is 2.26. The van der Waals surface area contributed by atoms with Crippen molar-refractivity contribution in [1.29, 1.82) is 0 Å². The number of nitrogens with zero attached hydrogens (tertiary/aromatic N) is 3. The minimum atomic E-state index is 0.913. The molecule has 1 aromatic rings. The lowest BCUT2D eigenvalue weighted by atomic mass is 9.99. The zero-order chi connectivity index (χ0) is 10.8. The number of aryl methyl sites for hydroxylation is 2. The largest absolute Gasteiger partial charge is 0.299 e.